The van der Waals surface area contributed by atoms with Gasteiger partial charge in [-0.3, -0.25) is 15.1 Å². The zero-order chi connectivity index (χ0) is 17.0. The molecule has 122 valence electrons. The Hall–Kier alpha value is -2.32. The van der Waals surface area contributed by atoms with Crippen molar-refractivity contribution < 1.29 is 13.3 Å². The summed E-state index contributed by atoms with van der Waals surface area (Å²) >= 11 is 0. The van der Waals surface area contributed by atoms with Gasteiger partial charge < -0.3 is 0 Å². The molecule has 0 radical (unpaired) electrons. The van der Waals surface area contributed by atoms with Crippen LogP contribution in [-0.2, 0) is 16.4 Å². The van der Waals surface area contributed by atoms with Crippen LogP contribution in [0.2, 0.25) is 0 Å². The van der Waals surface area contributed by atoms with E-state index in [1.807, 2.05) is 12.1 Å². The van der Waals surface area contributed by atoms with Gasteiger partial charge >= 0.3 is 0 Å². The van der Waals surface area contributed by atoms with E-state index in [1.54, 1.807) is 19.2 Å². The molecule has 0 saturated heterocycles. The molecule has 0 aliphatic heterocycles. The summed E-state index contributed by atoms with van der Waals surface area (Å²) in [7, 11) is -2.33. The van der Waals surface area contributed by atoms with Crippen LogP contribution in [0.15, 0.2) is 47.5 Å². The Kier molecular flexibility index (Phi) is 5.07. The Morgan fingerprint density at radius 3 is 2.61 bits per heavy atom. The smallest absolute Gasteiger partial charge is 0.261 e. The van der Waals surface area contributed by atoms with Gasteiger partial charge in [0.2, 0.25) is 10.0 Å². The molecular weight excluding hydrogens is 318 g/mol. The molecule has 0 atom stereocenters. The van der Waals surface area contributed by atoms with Crippen molar-refractivity contribution in [3.05, 3.63) is 64.0 Å². The standard InChI is InChI=1S/C15H17N3O4S/c1-12-6-7-14(11-15(12)18(19)20)23(21,22)17(2)10-8-13-5-3-4-9-16-13/h3-7,9,11H,8,10H2,1-2H3. The van der Waals surface area contributed by atoms with E-state index in [4.69, 9.17) is 0 Å². The van der Waals surface area contributed by atoms with Gasteiger partial charge in [-0.25, -0.2) is 12.7 Å². The summed E-state index contributed by atoms with van der Waals surface area (Å²) in [6.45, 7) is 1.81. The van der Waals surface area contributed by atoms with E-state index in [0.29, 0.717) is 12.0 Å². The minimum absolute atomic E-state index is 0.0849. The van der Waals surface area contributed by atoms with E-state index in [2.05, 4.69) is 4.98 Å². The number of hydrogen-bond donors (Lipinski definition) is 0. The number of nitro groups is 1. The molecule has 0 aliphatic rings. The minimum atomic E-state index is -3.78. The molecular formula is C15H17N3O4S. The second-order valence-corrected chi connectivity index (χ2v) is 7.15. The summed E-state index contributed by atoms with van der Waals surface area (Å²) in [6.07, 6.45) is 2.11. The van der Waals surface area contributed by atoms with Crippen molar-refractivity contribution in [2.24, 2.45) is 0 Å². The topological polar surface area (TPSA) is 93.4 Å². The maximum atomic E-state index is 12.5. The average Bonchev–Trinajstić information content (AvgIpc) is 2.53. The first-order chi connectivity index (χ1) is 10.8. The van der Waals surface area contributed by atoms with E-state index in [1.165, 1.54) is 23.5 Å². The van der Waals surface area contributed by atoms with Crippen molar-refractivity contribution in [3.8, 4) is 0 Å². The molecule has 0 N–H and O–H groups in total. The van der Waals surface area contributed by atoms with Crippen LogP contribution in [-0.4, -0.2) is 36.2 Å². The van der Waals surface area contributed by atoms with Gasteiger partial charge in [0.25, 0.3) is 5.69 Å². The highest BCUT2D eigenvalue weighted by molar-refractivity contribution is 7.89. The van der Waals surface area contributed by atoms with Crippen LogP contribution >= 0.6 is 0 Å². The van der Waals surface area contributed by atoms with Gasteiger partial charge in [0, 0.05) is 43.5 Å². The summed E-state index contributed by atoms with van der Waals surface area (Å²) in [5.41, 5.74) is 0.999. The van der Waals surface area contributed by atoms with Crippen molar-refractivity contribution in [3.63, 3.8) is 0 Å². The fourth-order valence-corrected chi connectivity index (χ4v) is 3.26. The molecule has 0 unspecified atom stereocenters. The lowest BCUT2D eigenvalue weighted by Crippen LogP contribution is -2.29. The maximum Gasteiger partial charge on any atom is 0.273 e. The molecule has 1 aromatic carbocycles. The van der Waals surface area contributed by atoms with Crippen LogP contribution in [0.5, 0.6) is 0 Å². The largest absolute Gasteiger partial charge is 0.273 e. The summed E-state index contributed by atoms with van der Waals surface area (Å²) in [5, 5.41) is 11.0. The summed E-state index contributed by atoms with van der Waals surface area (Å²) in [6, 6.07) is 9.36. The summed E-state index contributed by atoms with van der Waals surface area (Å²) < 4.78 is 26.2. The number of rotatable bonds is 6. The Labute approximate surface area is 134 Å². The monoisotopic (exact) mass is 335 g/mol. The maximum absolute atomic E-state index is 12.5. The molecule has 1 heterocycles. The second-order valence-electron chi connectivity index (χ2n) is 5.10. The van der Waals surface area contributed by atoms with Crippen LogP contribution in [0.4, 0.5) is 5.69 Å². The third-order valence-electron chi connectivity index (χ3n) is 3.49. The molecule has 0 bridgehead atoms. The SMILES string of the molecule is Cc1ccc(S(=O)(=O)N(C)CCc2ccccn2)cc1[N+](=O)[O-]. The van der Waals surface area contributed by atoms with Gasteiger partial charge in [-0.1, -0.05) is 12.1 Å². The first-order valence-electron chi connectivity index (χ1n) is 6.93. The zero-order valence-electron chi connectivity index (χ0n) is 12.8. The van der Waals surface area contributed by atoms with E-state index >= 15 is 0 Å². The first kappa shape index (κ1) is 17.0. The van der Waals surface area contributed by atoms with Crippen molar-refractivity contribution in [1.29, 1.82) is 0 Å². The van der Waals surface area contributed by atoms with Crippen LogP contribution in [0.25, 0.3) is 0 Å². The quantitative estimate of drug-likeness (QED) is 0.595. The predicted octanol–water partition coefficient (Wildman–Crippen LogP) is 2.16. The van der Waals surface area contributed by atoms with Crippen molar-refractivity contribution >= 4 is 15.7 Å². The number of aromatic nitrogens is 1. The number of hydrogen-bond acceptors (Lipinski definition) is 5. The van der Waals surface area contributed by atoms with Crippen LogP contribution in [0, 0.1) is 17.0 Å². The van der Waals surface area contributed by atoms with Gasteiger partial charge in [0.15, 0.2) is 0 Å². The Morgan fingerprint density at radius 2 is 2.00 bits per heavy atom. The van der Waals surface area contributed by atoms with Gasteiger partial charge in [0.1, 0.15) is 0 Å². The summed E-state index contributed by atoms with van der Waals surface area (Å²) in [4.78, 5) is 14.4. The zero-order valence-corrected chi connectivity index (χ0v) is 13.7. The molecule has 8 heteroatoms. The highest BCUT2D eigenvalue weighted by Gasteiger charge is 2.24. The summed E-state index contributed by atoms with van der Waals surface area (Å²) in [5.74, 6) is 0. The van der Waals surface area contributed by atoms with Crippen LogP contribution in [0.3, 0.4) is 0 Å². The molecule has 23 heavy (non-hydrogen) atoms. The Bertz CT molecular complexity index is 807. The highest BCUT2D eigenvalue weighted by Crippen LogP contribution is 2.24. The average molecular weight is 335 g/mol. The van der Waals surface area contributed by atoms with Gasteiger partial charge in [-0.2, -0.15) is 0 Å². The van der Waals surface area contributed by atoms with E-state index in [0.717, 1.165) is 11.8 Å². The number of pyridine rings is 1. The Morgan fingerprint density at radius 1 is 1.26 bits per heavy atom. The van der Waals surface area contributed by atoms with E-state index in [-0.39, 0.29) is 17.1 Å². The number of nitro benzene ring substituents is 1. The number of likely N-dealkylation sites (N-methyl/N-ethyl adjacent to an activating group) is 1. The third kappa shape index (κ3) is 3.91. The molecule has 0 amide bonds. The lowest BCUT2D eigenvalue weighted by atomic mass is 10.2. The fourth-order valence-electron chi connectivity index (χ4n) is 2.06. The first-order valence-corrected chi connectivity index (χ1v) is 8.37. The number of nitrogens with zero attached hydrogens (tertiary/aromatic N) is 3. The predicted molar refractivity (Wildman–Crippen MR) is 85.6 cm³/mol. The second kappa shape index (κ2) is 6.84. The number of benzene rings is 1. The van der Waals surface area contributed by atoms with Crippen molar-refractivity contribution in [1.82, 2.24) is 9.29 Å². The molecule has 0 aliphatic carbocycles. The highest BCUT2D eigenvalue weighted by atomic mass is 32.2. The molecule has 0 fully saturated rings. The number of sulfonamides is 1. The van der Waals surface area contributed by atoms with E-state index in [9.17, 15) is 18.5 Å². The normalized spacial score (nSPS) is 11.6. The molecule has 0 saturated carbocycles. The third-order valence-corrected chi connectivity index (χ3v) is 5.35. The molecule has 1 aromatic heterocycles. The molecule has 2 rings (SSSR count). The lowest BCUT2D eigenvalue weighted by Gasteiger charge is -2.17. The Balaban J connectivity index is 2.20. The number of aryl methyl sites for hydroxylation is 1. The van der Waals surface area contributed by atoms with Crippen LogP contribution < -0.4 is 0 Å². The fraction of sp³-hybridized carbons (Fsp3) is 0.267. The van der Waals surface area contributed by atoms with Gasteiger partial charge in [-0.05, 0) is 25.1 Å². The van der Waals surface area contributed by atoms with Gasteiger partial charge in [0.05, 0.1) is 9.82 Å². The molecule has 7 nitrogen and oxygen atoms in total. The molecule has 2 aromatic rings. The van der Waals surface area contributed by atoms with Crippen molar-refractivity contribution in [2.75, 3.05) is 13.6 Å². The lowest BCUT2D eigenvalue weighted by molar-refractivity contribution is -0.385. The van der Waals surface area contributed by atoms with Gasteiger partial charge in [-0.15, -0.1) is 0 Å². The van der Waals surface area contributed by atoms with Crippen LogP contribution in [0.1, 0.15) is 11.3 Å². The minimum Gasteiger partial charge on any atom is -0.261 e. The van der Waals surface area contributed by atoms with E-state index < -0.39 is 14.9 Å². The molecule has 0 spiro atoms. The van der Waals surface area contributed by atoms with Crippen molar-refractivity contribution in [2.45, 2.75) is 18.2 Å².